The third-order valence-electron chi connectivity index (χ3n) is 8.71. The van der Waals surface area contributed by atoms with Crippen molar-refractivity contribution in [3.05, 3.63) is 11.7 Å². The van der Waals surface area contributed by atoms with E-state index in [0.29, 0.717) is 18.8 Å². The Bertz CT molecular complexity index is 549. The molecule has 2 bridgehead atoms. The number of methoxy groups -OCH3 is 1. The maximum Gasteiger partial charge on any atom is 0.164 e. The molecule has 0 saturated heterocycles. The topological polar surface area (TPSA) is 18.5 Å². The van der Waals surface area contributed by atoms with Crippen LogP contribution in [-0.4, -0.2) is 19.5 Å². The summed E-state index contributed by atoms with van der Waals surface area (Å²) >= 11 is 0. The molecule has 0 aromatic heterocycles. The molecule has 4 heteroatoms. The molecule has 0 heterocycles. The van der Waals surface area contributed by atoms with Gasteiger partial charge in [0.25, 0.3) is 0 Å². The van der Waals surface area contributed by atoms with Crippen LogP contribution in [0.15, 0.2) is 11.7 Å². The highest BCUT2D eigenvalue weighted by molar-refractivity contribution is 5.30. The Morgan fingerprint density at radius 1 is 0.815 bits per heavy atom. The van der Waals surface area contributed by atoms with E-state index >= 15 is 4.39 Å². The Balaban J connectivity index is 1.42. The lowest BCUT2D eigenvalue weighted by Crippen LogP contribution is -2.51. The van der Waals surface area contributed by atoms with E-state index in [1.807, 2.05) is 0 Å². The molecule has 5 aliphatic carbocycles. The van der Waals surface area contributed by atoms with E-state index in [-0.39, 0.29) is 6.79 Å². The van der Waals surface area contributed by atoms with Crippen molar-refractivity contribution in [2.45, 2.75) is 89.6 Å². The van der Waals surface area contributed by atoms with Crippen molar-refractivity contribution in [2.24, 2.45) is 29.1 Å². The second-order valence-corrected chi connectivity index (χ2v) is 9.96. The summed E-state index contributed by atoms with van der Waals surface area (Å²) in [5.74, 6) is 1.79. The van der Waals surface area contributed by atoms with Crippen LogP contribution in [-0.2, 0) is 9.47 Å². The van der Waals surface area contributed by atoms with E-state index in [2.05, 4.69) is 6.92 Å². The fourth-order valence-corrected chi connectivity index (χ4v) is 6.82. The van der Waals surface area contributed by atoms with Crippen LogP contribution in [0.1, 0.15) is 84.0 Å². The molecular weight excluding hydrogens is 346 g/mol. The molecule has 0 aliphatic heterocycles. The lowest BCUT2D eigenvalue weighted by Gasteiger charge is -2.54. The molecule has 0 atom stereocenters. The Labute approximate surface area is 163 Å². The fourth-order valence-electron chi connectivity index (χ4n) is 6.82. The Hall–Kier alpha value is -0.480. The van der Waals surface area contributed by atoms with Crippen molar-refractivity contribution in [3.8, 4) is 0 Å². The standard InChI is InChI=1S/C23H36F2O2/c1-16-3-5-17(6-4-16)18-7-9-19(10-8-18)22-11-13-23(14-12-22,27-15-26-2)21(25)20(22)24/h16-19H,3-15H2,1-2H3. The fraction of sp³-hybridized carbons (Fsp3) is 0.913. The van der Waals surface area contributed by atoms with Crippen LogP contribution >= 0.6 is 0 Å². The van der Waals surface area contributed by atoms with Gasteiger partial charge in [-0.15, -0.1) is 0 Å². The SMILES string of the molecule is COCOC12CCC(C3CCC(C4CCC(C)CC4)CC3)(CC1)C(F)=C2F. The average molecular weight is 383 g/mol. The molecule has 3 saturated carbocycles. The summed E-state index contributed by atoms with van der Waals surface area (Å²) in [4.78, 5) is 0. The quantitative estimate of drug-likeness (QED) is 0.492. The van der Waals surface area contributed by atoms with Gasteiger partial charge in [-0.1, -0.05) is 19.8 Å². The largest absolute Gasteiger partial charge is 0.359 e. The highest BCUT2D eigenvalue weighted by Crippen LogP contribution is 2.63. The maximum atomic E-state index is 15.3. The molecule has 5 aliphatic rings. The van der Waals surface area contributed by atoms with Crippen molar-refractivity contribution >= 4 is 0 Å². The first-order valence-electron chi connectivity index (χ1n) is 11.2. The summed E-state index contributed by atoms with van der Waals surface area (Å²) in [6.07, 6.45) is 12.7. The van der Waals surface area contributed by atoms with Gasteiger partial charge in [0.05, 0.1) is 0 Å². The number of allylic oxidation sites excluding steroid dienone is 1. The van der Waals surface area contributed by atoms with Crippen LogP contribution in [0, 0.1) is 29.1 Å². The van der Waals surface area contributed by atoms with E-state index in [0.717, 1.165) is 43.4 Å². The van der Waals surface area contributed by atoms with Gasteiger partial charge in [0.15, 0.2) is 5.83 Å². The number of rotatable bonds is 5. The second kappa shape index (κ2) is 7.74. The lowest BCUT2D eigenvalue weighted by molar-refractivity contribution is -0.165. The summed E-state index contributed by atoms with van der Waals surface area (Å²) in [5.41, 5.74) is -1.61. The molecule has 0 aromatic carbocycles. The zero-order valence-corrected chi connectivity index (χ0v) is 17.1. The third-order valence-corrected chi connectivity index (χ3v) is 8.71. The van der Waals surface area contributed by atoms with Crippen molar-refractivity contribution < 1.29 is 18.3 Å². The summed E-state index contributed by atoms with van der Waals surface area (Å²) in [6.45, 7) is 2.40. The number of fused-ring (bicyclic) bond motifs is 2. The van der Waals surface area contributed by atoms with E-state index in [1.165, 1.54) is 45.6 Å². The molecule has 5 rings (SSSR count). The smallest absolute Gasteiger partial charge is 0.164 e. The third kappa shape index (κ3) is 3.39. The first-order chi connectivity index (χ1) is 13.0. The number of halogens is 2. The second-order valence-electron chi connectivity index (χ2n) is 9.96. The van der Waals surface area contributed by atoms with Gasteiger partial charge < -0.3 is 9.47 Å². The van der Waals surface area contributed by atoms with Gasteiger partial charge in [-0.3, -0.25) is 0 Å². The molecule has 0 unspecified atom stereocenters. The minimum Gasteiger partial charge on any atom is -0.359 e. The number of hydrogen-bond acceptors (Lipinski definition) is 2. The van der Waals surface area contributed by atoms with Crippen molar-refractivity contribution in [1.82, 2.24) is 0 Å². The summed E-state index contributed by atoms with van der Waals surface area (Å²) < 4.78 is 40.8. The van der Waals surface area contributed by atoms with Crippen molar-refractivity contribution in [1.29, 1.82) is 0 Å². The van der Waals surface area contributed by atoms with Crippen LogP contribution in [0.25, 0.3) is 0 Å². The molecular formula is C23H36F2O2. The number of hydrogen-bond donors (Lipinski definition) is 0. The lowest BCUT2D eigenvalue weighted by atomic mass is 9.53. The first-order valence-corrected chi connectivity index (χ1v) is 11.2. The molecule has 0 spiro atoms. The van der Waals surface area contributed by atoms with Crippen LogP contribution in [0.4, 0.5) is 8.78 Å². The Morgan fingerprint density at radius 2 is 1.37 bits per heavy atom. The van der Waals surface area contributed by atoms with Gasteiger partial charge in [0.2, 0.25) is 0 Å². The monoisotopic (exact) mass is 382 g/mol. The maximum absolute atomic E-state index is 15.3. The van der Waals surface area contributed by atoms with Crippen molar-refractivity contribution in [2.75, 3.05) is 13.9 Å². The van der Waals surface area contributed by atoms with Gasteiger partial charge in [-0.25, -0.2) is 8.78 Å². The van der Waals surface area contributed by atoms with E-state index in [4.69, 9.17) is 9.47 Å². The molecule has 0 amide bonds. The van der Waals surface area contributed by atoms with Crippen LogP contribution in [0.2, 0.25) is 0 Å². The highest BCUT2D eigenvalue weighted by Gasteiger charge is 2.59. The molecule has 0 radical (unpaired) electrons. The molecule has 2 nitrogen and oxygen atoms in total. The van der Waals surface area contributed by atoms with Crippen LogP contribution < -0.4 is 0 Å². The van der Waals surface area contributed by atoms with E-state index in [1.54, 1.807) is 0 Å². The normalized spacial score (nSPS) is 45.3. The predicted octanol–water partition coefficient (Wildman–Crippen LogP) is 6.70. The minimum absolute atomic E-state index is 0.0266. The van der Waals surface area contributed by atoms with Gasteiger partial charge in [-0.05, 0) is 87.9 Å². The zero-order valence-electron chi connectivity index (χ0n) is 17.1. The summed E-state index contributed by atoms with van der Waals surface area (Å²) in [5, 5.41) is 0. The van der Waals surface area contributed by atoms with Gasteiger partial charge in [-0.2, -0.15) is 0 Å². The molecule has 3 fully saturated rings. The molecule has 27 heavy (non-hydrogen) atoms. The Kier molecular flexibility index (Phi) is 5.68. The van der Waals surface area contributed by atoms with Crippen LogP contribution in [0.5, 0.6) is 0 Å². The van der Waals surface area contributed by atoms with Gasteiger partial charge in [0.1, 0.15) is 18.2 Å². The highest BCUT2D eigenvalue weighted by atomic mass is 19.2. The van der Waals surface area contributed by atoms with Gasteiger partial charge >= 0.3 is 0 Å². The zero-order chi connectivity index (χ0) is 19.1. The van der Waals surface area contributed by atoms with Crippen LogP contribution in [0.3, 0.4) is 0 Å². The predicted molar refractivity (Wildman–Crippen MR) is 102 cm³/mol. The molecule has 0 N–H and O–H groups in total. The van der Waals surface area contributed by atoms with Gasteiger partial charge in [0, 0.05) is 12.5 Å². The average Bonchev–Trinajstić information content (AvgIpc) is 2.71. The van der Waals surface area contributed by atoms with Crippen molar-refractivity contribution in [3.63, 3.8) is 0 Å². The number of ether oxygens (including phenoxy) is 2. The minimum atomic E-state index is -1.06. The van der Waals surface area contributed by atoms with E-state index in [9.17, 15) is 4.39 Å². The summed E-state index contributed by atoms with van der Waals surface area (Å²) in [7, 11) is 1.52. The molecule has 154 valence electrons. The Morgan fingerprint density at radius 3 is 1.93 bits per heavy atom. The first kappa shape index (κ1) is 19.8. The molecule has 0 aromatic rings. The van der Waals surface area contributed by atoms with E-state index < -0.39 is 22.7 Å². The summed E-state index contributed by atoms with van der Waals surface area (Å²) in [6, 6.07) is 0.